The van der Waals surface area contributed by atoms with Crippen molar-refractivity contribution in [3.05, 3.63) is 57.5 Å². The minimum absolute atomic E-state index is 0.117. The summed E-state index contributed by atoms with van der Waals surface area (Å²) in [6.07, 6.45) is 0.296. The van der Waals surface area contributed by atoms with Gasteiger partial charge < -0.3 is 5.11 Å². The molecule has 0 atom stereocenters. The Bertz CT molecular complexity index is 831. The van der Waals surface area contributed by atoms with E-state index in [1.165, 1.54) is 6.07 Å². The predicted octanol–water partition coefficient (Wildman–Crippen LogP) is 3.57. The Balaban J connectivity index is 2.38. The molecule has 126 valence electrons. The summed E-state index contributed by atoms with van der Waals surface area (Å²) in [5.41, 5.74) is 0.325. The molecule has 0 aliphatic carbocycles. The molecule has 0 spiro atoms. The summed E-state index contributed by atoms with van der Waals surface area (Å²) < 4.78 is 65.8. The minimum atomic E-state index is -2.31. The Morgan fingerprint density at radius 2 is 1.62 bits per heavy atom. The lowest BCUT2D eigenvalue weighted by molar-refractivity contribution is 0.0697. The van der Waals surface area contributed by atoms with Crippen molar-refractivity contribution in [2.75, 3.05) is 5.43 Å². The van der Waals surface area contributed by atoms with Crippen LogP contribution in [0, 0.1) is 29.1 Å². The molecular weight excluding hydrogens is 361 g/mol. The number of hydrogen-bond acceptors (Lipinski definition) is 4. The average Bonchev–Trinajstić information content (AvgIpc) is 2.54. The van der Waals surface area contributed by atoms with Gasteiger partial charge in [0.15, 0.2) is 29.1 Å². The first-order valence-corrected chi connectivity index (χ1v) is 6.32. The Morgan fingerprint density at radius 3 is 2.17 bits per heavy atom. The Labute approximate surface area is 135 Å². The average molecular weight is 366 g/mol. The number of carbonyl (C=O) groups is 1. The van der Waals surface area contributed by atoms with Gasteiger partial charge in [-0.3, -0.25) is 5.43 Å². The predicted molar refractivity (Wildman–Crippen MR) is 73.7 cm³/mol. The molecule has 11 heteroatoms. The number of rotatable bonds is 4. The van der Waals surface area contributed by atoms with Crippen molar-refractivity contribution in [1.82, 2.24) is 4.98 Å². The van der Waals surface area contributed by atoms with Crippen molar-refractivity contribution in [2.24, 2.45) is 5.10 Å². The van der Waals surface area contributed by atoms with Crippen LogP contribution in [0.5, 0.6) is 0 Å². The lowest BCUT2D eigenvalue weighted by atomic mass is 10.2. The molecule has 0 aliphatic rings. The van der Waals surface area contributed by atoms with Gasteiger partial charge in [-0.2, -0.15) is 5.10 Å². The first kappa shape index (κ1) is 17.6. The van der Waals surface area contributed by atoms with Gasteiger partial charge >= 0.3 is 5.97 Å². The quantitative estimate of drug-likeness (QED) is 0.217. The van der Waals surface area contributed by atoms with Crippen LogP contribution in [0.25, 0.3) is 0 Å². The van der Waals surface area contributed by atoms with E-state index < -0.39 is 46.4 Å². The smallest absolute Gasteiger partial charge is 0.339 e. The maximum Gasteiger partial charge on any atom is 0.339 e. The topological polar surface area (TPSA) is 74.6 Å². The molecule has 2 rings (SSSR count). The molecule has 2 aromatic rings. The third-order valence-electron chi connectivity index (χ3n) is 2.70. The van der Waals surface area contributed by atoms with E-state index in [4.69, 9.17) is 16.7 Å². The molecule has 0 aliphatic heterocycles. The van der Waals surface area contributed by atoms with Crippen molar-refractivity contribution in [3.8, 4) is 0 Å². The molecule has 1 aromatic carbocycles. The second-order valence-corrected chi connectivity index (χ2v) is 4.58. The number of pyridine rings is 1. The zero-order chi connectivity index (χ0) is 18.0. The van der Waals surface area contributed by atoms with Crippen molar-refractivity contribution in [1.29, 1.82) is 0 Å². The number of halogens is 6. The number of aromatic carboxylic acids is 1. The molecule has 2 N–H and O–H groups in total. The summed E-state index contributed by atoms with van der Waals surface area (Å²) in [7, 11) is 0. The number of aromatic nitrogens is 1. The second kappa shape index (κ2) is 6.79. The first-order valence-electron chi connectivity index (χ1n) is 5.94. The van der Waals surface area contributed by atoms with Gasteiger partial charge in [-0.15, -0.1) is 0 Å². The maximum absolute atomic E-state index is 13.4. The second-order valence-electron chi connectivity index (χ2n) is 4.19. The van der Waals surface area contributed by atoms with Crippen LogP contribution >= 0.6 is 11.6 Å². The monoisotopic (exact) mass is 365 g/mol. The van der Waals surface area contributed by atoms with Crippen LogP contribution in [-0.2, 0) is 0 Å². The van der Waals surface area contributed by atoms with E-state index in [-0.39, 0.29) is 10.7 Å². The van der Waals surface area contributed by atoms with Gasteiger partial charge in [0.1, 0.15) is 10.7 Å². The third kappa shape index (κ3) is 3.27. The maximum atomic E-state index is 13.4. The number of hydrazone groups is 1. The van der Waals surface area contributed by atoms with Crippen LogP contribution in [0.4, 0.5) is 27.8 Å². The number of benzene rings is 1. The number of anilines is 1. The van der Waals surface area contributed by atoms with Crippen LogP contribution in [0.1, 0.15) is 15.9 Å². The number of hydrogen-bond donors (Lipinski definition) is 2. The molecule has 0 saturated heterocycles. The van der Waals surface area contributed by atoms with E-state index in [2.05, 4.69) is 10.1 Å². The molecule has 0 bridgehead atoms. The van der Waals surface area contributed by atoms with Crippen LogP contribution < -0.4 is 5.43 Å². The van der Waals surface area contributed by atoms with Crippen LogP contribution in [0.2, 0.25) is 5.15 Å². The summed E-state index contributed by atoms with van der Waals surface area (Å²) in [5, 5.41) is 12.0. The molecule has 5 nitrogen and oxygen atoms in total. The van der Waals surface area contributed by atoms with Gasteiger partial charge in [-0.25, -0.2) is 31.7 Å². The lowest BCUT2D eigenvalue weighted by Crippen LogP contribution is -2.08. The summed E-state index contributed by atoms with van der Waals surface area (Å²) in [6, 6.07) is 2.25. The highest BCUT2D eigenvalue weighted by molar-refractivity contribution is 6.29. The molecule has 0 amide bonds. The van der Waals surface area contributed by atoms with E-state index in [9.17, 15) is 26.7 Å². The fourth-order valence-electron chi connectivity index (χ4n) is 1.59. The minimum Gasteiger partial charge on any atom is -0.478 e. The first-order chi connectivity index (χ1) is 11.2. The Morgan fingerprint density at radius 1 is 1.08 bits per heavy atom. The highest BCUT2D eigenvalue weighted by Crippen LogP contribution is 2.22. The van der Waals surface area contributed by atoms with E-state index in [0.717, 1.165) is 6.07 Å². The zero-order valence-electron chi connectivity index (χ0n) is 11.2. The van der Waals surface area contributed by atoms with Gasteiger partial charge in [0, 0.05) is 0 Å². The van der Waals surface area contributed by atoms with E-state index >= 15 is 0 Å². The van der Waals surface area contributed by atoms with Gasteiger partial charge in [-0.05, 0) is 12.1 Å². The molecule has 1 heterocycles. The molecule has 0 fully saturated rings. The number of carboxylic acids is 1. The summed E-state index contributed by atoms with van der Waals surface area (Å²) in [5.74, 6) is -12.6. The van der Waals surface area contributed by atoms with Crippen molar-refractivity contribution < 1.29 is 31.9 Å². The zero-order valence-corrected chi connectivity index (χ0v) is 12.0. The van der Waals surface area contributed by atoms with Crippen LogP contribution in [-0.4, -0.2) is 22.3 Å². The molecular formula is C13H5ClF5N3O2. The SMILES string of the molecule is O=C(O)c1ccc(Cl)nc1N/N=C\c1c(F)c(F)c(F)c(F)c1F. The van der Waals surface area contributed by atoms with Gasteiger partial charge in [0.05, 0.1) is 11.8 Å². The van der Waals surface area contributed by atoms with E-state index in [1.54, 1.807) is 0 Å². The van der Waals surface area contributed by atoms with Gasteiger partial charge in [0.25, 0.3) is 0 Å². The Hall–Kier alpha value is -2.75. The summed E-state index contributed by atoms with van der Waals surface area (Å²) in [6.45, 7) is 0. The highest BCUT2D eigenvalue weighted by Gasteiger charge is 2.24. The number of carboxylic acid groups (broad SMARTS) is 1. The Kier molecular flexibility index (Phi) is 4.98. The number of nitrogens with zero attached hydrogens (tertiary/aromatic N) is 2. The lowest BCUT2D eigenvalue weighted by Gasteiger charge is -2.06. The fourth-order valence-corrected chi connectivity index (χ4v) is 1.73. The molecule has 0 saturated carbocycles. The fraction of sp³-hybridized carbons (Fsp3) is 0. The van der Waals surface area contributed by atoms with Gasteiger partial charge in [0.2, 0.25) is 5.82 Å². The third-order valence-corrected chi connectivity index (χ3v) is 2.91. The molecule has 0 radical (unpaired) electrons. The summed E-state index contributed by atoms with van der Waals surface area (Å²) in [4.78, 5) is 14.5. The van der Waals surface area contributed by atoms with Crippen molar-refractivity contribution in [3.63, 3.8) is 0 Å². The van der Waals surface area contributed by atoms with Crippen LogP contribution in [0.3, 0.4) is 0 Å². The van der Waals surface area contributed by atoms with Crippen molar-refractivity contribution in [2.45, 2.75) is 0 Å². The van der Waals surface area contributed by atoms with E-state index in [1.807, 2.05) is 5.43 Å². The number of nitrogens with one attached hydrogen (secondary N) is 1. The van der Waals surface area contributed by atoms with E-state index in [0.29, 0.717) is 6.21 Å². The van der Waals surface area contributed by atoms with Gasteiger partial charge in [-0.1, -0.05) is 11.6 Å². The summed E-state index contributed by atoms with van der Waals surface area (Å²) >= 11 is 5.57. The molecule has 1 aromatic heterocycles. The highest BCUT2D eigenvalue weighted by atomic mass is 35.5. The molecule has 24 heavy (non-hydrogen) atoms. The molecule has 0 unspecified atom stereocenters. The largest absolute Gasteiger partial charge is 0.478 e. The normalized spacial score (nSPS) is 11.1. The van der Waals surface area contributed by atoms with Crippen LogP contribution in [0.15, 0.2) is 17.2 Å². The van der Waals surface area contributed by atoms with Crippen molar-refractivity contribution >= 4 is 29.6 Å². The standard InChI is InChI=1S/C13H5ClF5N3O2/c14-6-2-1-4(13(23)24)12(21-6)22-20-3-5-7(15)9(17)11(19)10(18)8(5)16/h1-3H,(H,21,22)(H,23,24)/b20-3-.